The number of pyridine rings is 1. The Morgan fingerprint density at radius 3 is 2.86 bits per heavy atom. The summed E-state index contributed by atoms with van der Waals surface area (Å²) >= 11 is 7.55. The van der Waals surface area contributed by atoms with Gasteiger partial charge in [0.1, 0.15) is 5.82 Å². The van der Waals surface area contributed by atoms with E-state index in [9.17, 15) is 0 Å². The highest BCUT2D eigenvalue weighted by atomic mass is 35.5. The normalized spacial score (nSPS) is 10.4. The number of anilines is 1. The average molecular weight is 225 g/mol. The van der Waals surface area contributed by atoms with Crippen molar-refractivity contribution < 1.29 is 0 Å². The van der Waals surface area contributed by atoms with Crippen LogP contribution in [0.5, 0.6) is 0 Å². The van der Waals surface area contributed by atoms with E-state index < -0.39 is 0 Å². The van der Waals surface area contributed by atoms with Gasteiger partial charge in [-0.2, -0.15) is 0 Å². The number of hydrogen-bond acceptors (Lipinski definition) is 3. The Morgan fingerprint density at radius 2 is 2.21 bits per heavy atom. The summed E-state index contributed by atoms with van der Waals surface area (Å²) in [4.78, 5) is 5.26. The minimum atomic E-state index is 0.521. The molecule has 14 heavy (non-hydrogen) atoms. The van der Waals surface area contributed by atoms with Gasteiger partial charge in [0.2, 0.25) is 0 Å². The van der Waals surface area contributed by atoms with Crippen molar-refractivity contribution in [2.45, 2.75) is 6.92 Å². The third-order valence-corrected chi connectivity index (χ3v) is 2.99. The van der Waals surface area contributed by atoms with Crippen LogP contribution in [0.2, 0.25) is 5.02 Å². The Morgan fingerprint density at radius 1 is 1.43 bits per heavy atom. The van der Waals surface area contributed by atoms with Gasteiger partial charge in [-0.25, -0.2) is 4.98 Å². The second kappa shape index (κ2) is 3.59. The largest absolute Gasteiger partial charge is 0.383 e. The number of rotatable bonds is 1. The predicted octanol–water partition coefficient (Wildman–Crippen LogP) is 3.35. The van der Waals surface area contributed by atoms with E-state index in [2.05, 4.69) is 23.4 Å². The van der Waals surface area contributed by atoms with Gasteiger partial charge in [0.25, 0.3) is 0 Å². The van der Waals surface area contributed by atoms with Gasteiger partial charge in [0, 0.05) is 16.6 Å². The number of nitrogens with zero attached hydrogens (tertiary/aromatic N) is 1. The minimum Gasteiger partial charge on any atom is -0.383 e. The van der Waals surface area contributed by atoms with Crippen LogP contribution < -0.4 is 5.73 Å². The van der Waals surface area contributed by atoms with Crippen molar-refractivity contribution in [3.63, 3.8) is 0 Å². The van der Waals surface area contributed by atoms with Gasteiger partial charge in [-0.3, -0.25) is 0 Å². The maximum atomic E-state index is 5.86. The summed E-state index contributed by atoms with van der Waals surface area (Å²) in [7, 11) is 0. The van der Waals surface area contributed by atoms with Gasteiger partial charge >= 0.3 is 0 Å². The van der Waals surface area contributed by atoms with Crippen molar-refractivity contribution in [3.8, 4) is 11.1 Å². The van der Waals surface area contributed by atoms with E-state index in [0.717, 1.165) is 11.1 Å². The molecule has 0 aliphatic carbocycles. The number of nitrogen functional groups attached to an aromatic ring is 1. The number of thiophene rings is 1. The van der Waals surface area contributed by atoms with E-state index in [1.807, 2.05) is 6.07 Å². The molecular formula is C10H9ClN2S. The monoisotopic (exact) mass is 224 g/mol. The van der Waals surface area contributed by atoms with Crippen molar-refractivity contribution in [1.29, 1.82) is 0 Å². The summed E-state index contributed by atoms with van der Waals surface area (Å²) < 4.78 is 0. The quantitative estimate of drug-likeness (QED) is 0.807. The number of nitrogens with two attached hydrogens (primary N) is 1. The molecule has 2 heterocycles. The molecule has 0 aliphatic heterocycles. The molecule has 4 heteroatoms. The predicted molar refractivity (Wildman–Crippen MR) is 61.7 cm³/mol. The molecule has 0 aliphatic rings. The maximum Gasteiger partial charge on any atom is 0.131 e. The molecule has 72 valence electrons. The third-order valence-electron chi connectivity index (χ3n) is 1.93. The highest BCUT2D eigenvalue weighted by Crippen LogP contribution is 2.30. The molecule has 0 saturated heterocycles. The number of aromatic nitrogens is 1. The molecular weight excluding hydrogens is 216 g/mol. The Kier molecular flexibility index (Phi) is 2.44. The fourth-order valence-corrected chi connectivity index (χ4v) is 2.13. The second-order valence-corrected chi connectivity index (χ2v) is 4.58. The molecule has 0 atom stereocenters. The molecule has 0 radical (unpaired) electrons. The lowest BCUT2D eigenvalue weighted by atomic mass is 10.1. The Balaban J connectivity index is 2.55. The summed E-state index contributed by atoms with van der Waals surface area (Å²) in [6.07, 6.45) is 1.56. The van der Waals surface area contributed by atoms with Crippen LogP contribution in [0.25, 0.3) is 11.1 Å². The van der Waals surface area contributed by atoms with Crippen molar-refractivity contribution in [2.24, 2.45) is 0 Å². The first kappa shape index (κ1) is 9.49. The highest BCUT2D eigenvalue weighted by molar-refractivity contribution is 7.10. The number of hydrogen-bond donors (Lipinski definition) is 1. The van der Waals surface area contributed by atoms with Gasteiger partial charge in [0.05, 0.1) is 5.02 Å². The average Bonchev–Trinajstić information content (AvgIpc) is 2.56. The van der Waals surface area contributed by atoms with E-state index in [1.54, 1.807) is 17.5 Å². The molecule has 0 spiro atoms. The molecule has 2 N–H and O–H groups in total. The van der Waals surface area contributed by atoms with Crippen LogP contribution >= 0.6 is 22.9 Å². The van der Waals surface area contributed by atoms with Crippen LogP contribution in [-0.2, 0) is 0 Å². The standard InChI is InChI=1S/C10H9ClN2S/c1-6-2-7(5-14-6)9-3-8(11)4-13-10(9)12/h2-5H,1H3,(H2,12,13). The zero-order valence-electron chi connectivity index (χ0n) is 7.62. The van der Waals surface area contributed by atoms with Crippen LogP contribution in [0.1, 0.15) is 4.88 Å². The molecule has 2 rings (SSSR count). The van der Waals surface area contributed by atoms with Gasteiger partial charge in [-0.15, -0.1) is 11.3 Å². The molecule has 2 nitrogen and oxygen atoms in total. The summed E-state index contributed by atoms with van der Waals surface area (Å²) in [5, 5.41) is 2.66. The van der Waals surface area contributed by atoms with Crippen molar-refractivity contribution in [3.05, 3.63) is 33.6 Å². The molecule has 0 saturated carbocycles. The number of aryl methyl sites for hydroxylation is 1. The van der Waals surface area contributed by atoms with Gasteiger partial charge in [-0.05, 0) is 30.0 Å². The highest BCUT2D eigenvalue weighted by Gasteiger charge is 2.05. The first-order chi connectivity index (χ1) is 6.66. The topological polar surface area (TPSA) is 38.9 Å². The molecule has 2 aromatic rings. The first-order valence-corrected chi connectivity index (χ1v) is 5.39. The smallest absolute Gasteiger partial charge is 0.131 e. The van der Waals surface area contributed by atoms with E-state index in [1.165, 1.54) is 4.88 Å². The Labute approximate surface area is 91.4 Å². The summed E-state index contributed by atoms with van der Waals surface area (Å²) in [6.45, 7) is 2.06. The van der Waals surface area contributed by atoms with E-state index in [4.69, 9.17) is 17.3 Å². The van der Waals surface area contributed by atoms with Gasteiger partial charge in [-0.1, -0.05) is 11.6 Å². The fourth-order valence-electron chi connectivity index (χ4n) is 1.27. The van der Waals surface area contributed by atoms with E-state index >= 15 is 0 Å². The minimum absolute atomic E-state index is 0.521. The third kappa shape index (κ3) is 1.74. The maximum absolute atomic E-state index is 5.86. The van der Waals surface area contributed by atoms with Crippen LogP contribution in [0.15, 0.2) is 23.7 Å². The van der Waals surface area contributed by atoms with Gasteiger partial charge in [0.15, 0.2) is 0 Å². The molecule has 0 aromatic carbocycles. The van der Waals surface area contributed by atoms with Gasteiger partial charge < -0.3 is 5.73 Å². The lowest BCUT2D eigenvalue weighted by molar-refractivity contribution is 1.34. The van der Waals surface area contributed by atoms with E-state index in [-0.39, 0.29) is 0 Å². The van der Waals surface area contributed by atoms with Crippen LogP contribution in [0.3, 0.4) is 0 Å². The van der Waals surface area contributed by atoms with Crippen LogP contribution in [-0.4, -0.2) is 4.98 Å². The van der Waals surface area contributed by atoms with Crippen molar-refractivity contribution in [2.75, 3.05) is 5.73 Å². The van der Waals surface area contributed by atoms with Crippen LogP contribution in [0.4, 0.5) is 5.82 Å². The summed E-state index contributed by atoms with van der Waals surface area (Å²) in [5.74, 6) is 0.521. The lowest BCUT2D eigenvalue weighted by Gasteiger charge is -2.02. The van der Waals surface area contributed by atoms with E-state index in [0.29, 0.717) is 10.8 Å². The first-order valence-electron chi connectivity index (χ1n) is 4.13. The summed E-state index contributed by atoms with van der Waals surface area (Å²) in [5.41, 5.74) is 7.75. The summed E-state index contributed by atoms with van der Waals surface area (Å²) in [6, 6.07) is 3.92. The van der Waals surface area contributed by atoms with Crippen molar-refractivity contribution in [1.82, 2.24) is 4.98 Å². The number of halogens is 1. The van der Waals surface area contributed by atoms with Crippen LogP contribution in [0, 0.1) is 6.92 Å². The fraction of sp³-hybridized carbons (Fsp3) is 0.100. The molecule has 2 aromatic heterocycles. The molecule has 0 fully saturated rings. The Bertz CT molecular complexity index is 465. The van der Waals surface area contributed by atoms with Crippen molar-refractivity contribution >= 4 is 28.8 Å². The molecule has 0 amide bonds. The molecule has 0 unspecified atom stereocenters. The zero-order valence-corrected chi connectivity index (χ0v) is 9.19. The SMILES string of the molecule is Cc1cc(-c2cc(Cl)cnc2N)cs1. The Hall–Kier alpha value is -1.06. The second-order valence-electron chi connectivity index (χ2n) is 3.03. The zero-order chi connectivity index (χ0) is 10.1. The lowest BCUT2D eigenvalue weighted by Crippen LogP contribution is -1.92. The molecule has 0 bridgehead atoms.